The second kappa shape index (κ2) is 3.49. The highest BCUT2D eigenvalue weighted by Gasteiger charge is 1.97. The van der Waals surface area contributed by atoms with E-state index >= 15 is 0 Å². The first kappa shape index (κ1) is 8.13. The third-order valence-corrected chi connectivity index (χ3v) is 2.45. The molecule has 2 rings (SSSR count). The summed E-state index contributed by atoms with van der Waals surface area (Å²) in [5.74, 6) is 0. The minimum Gasteiger partial charge on any atom is -0.267 e. The van der Waals surface area contributed by atoms with Gasteiger partial charge in [0.05, 0.1) is 0 Å². The number of hydrogen-bond acceptors (Lipinski definition) is 3. The zero-order valence-electron chi connectivity index (χ0n) is 6.81. The molecule has 1 heterocycles. The summed E-state index contributed by atoms with van der Waals surface area (Å²) in [6.07, 6.45) is 0. The second-order valence-electron chi connectivity index (χ2n) is 2.54. The van der Waals surface area contributed by atoms with E-state index in [2.05, 4.69) is 4.98 Å². The summed E-state index contributed by atoms with van der Waals surface area (Å²) in [5.41, 5.74) is 0.808. The number of rotatable bonds is 1. The summed E-state index contributed by atoms with van der Waals surface area (Å²) in [6, 6.07) is 11.2. The molecule has 0 spiro atoms. The van der Waals surface area contributed by atoms with E-state index in [9.17, 15) is 4.79 Å². The third kappa shape index (κ3) is 1.81. The molecule has 0 bridgehead atoms. The van der Waals surface area contributed by atoms with Gasteiger partial charge in [0.2, 0.25) is 0 Å². The van der Waals surface area contributed by atoms with Gasteiger partial charge in [0.1, 0.15) is 5.01 Å². The summed E-state index contributed by atoms with van der Waals surface area (Å²) >= 11 is 1.47. The van der Waals surface area contributed by atoms with Crippen molar-refractivity contribution in [2.45, 2.75) is 0 Å². The third-order valence-electron chi connectivity index (χ3n) is 1.62. The Kier molecular flexibility index (Phi) is 2.19. The van der Waals surface area contributed by atoms with Gasteiger partial charge < -0.3 is 0 Å². The van der Waals surface area contributed by atoms with E-state index in [-0.39, 0.29) is 5.56 Å². The average Bonchev–Trinajstić information content (AvgIpc) is 2.19. The molecule has 13 heavy (non-hydrogen) atoms. The van der Waals surface area contributed by atoms with Crippen LogP contribution in [-0.2, 0) is 0 Å². The van der Waals surface area contributed by atoms with E-state index in [0.717, 1.165) is 10.6 Å². The fourth-order valence-electron chi connectivity index (χ4n) is 1.03. The highest BCUT2D eigenvalue weighted by molar-refractivity contribution is 7.12. The Morgan fingerprint density at radius 3 is 2.54 bits per heavy atom. The lowest BCUT2D eigenvalue weighted by molar-refractivity contribution is 1.28. The molecule has 0 saturated heterocycles. The molecule has 2 aromatic rings. The van der Waals surface area contributed by atoms with Crippen LogP contribution in [-0.4, -0.2) is 4.98 Å². The van der Waals surface area contributed by atoms with Crippen LogP contribution in [0.5, 0.6) is 0 Å². The molecule has 0 aliphatic heterocycles. The molecular weight excluding hydrogens is 182 g/mol. The Morgan fingerprint density at radius 1 is 1.08 bits per heavy atom. The van der Waals surface area contributed by atoms with Gasteiger partial charge in [-0.3, -0.25) is 4.79 Å². The molecule has 3 heteroatoms. The molecule has 1 aromatic heterocycles. The molecule has 1 aromatic carbocycles. The van der Waals surface area contributed by atoms with Gasteiger partial charge in [0, 0.05) is 11.6 Å². The average molecular weight is 189 g/mol. The molecule has 0 N–H and O–H groups in total. The lowest BCUT2D eigenvalue weighted by Crippen LogP contribution is -2.01. The molecule has 0 unspecified atom stereocenters. The van der Waals surface area contributed by atoms with E-state index in [0.29, 0.717) is 0 Å². The lowest BCUT2D eigenvalue weighted by Gasteiger charge is -1.95. The zero-order chi connectivity index (χ0) is 9.10. The summed E-state index contributed by atoms with van der Waals surface area (Å²) in [5, 5.41) is 2.53. The highest BCUT2D eigenvalue weighted by Crippen LogP contribution is 2.18. The van der Waals surface area contributed by atoms with Gasteiger partial charge in [-0.25, -0.2) is 0 Å². The summed E-state index contributed by atoms with van der Waals surface area (Å²) < 4.78 is 0. The first-order chi connectivity index (χ1) is 6.36. The summed E-state index contributed by atoms with van der Waals surface area (Å²) in [6.45, 7) is 0. The van der Waals surface area contributed by atoms with Gasteiger partial charge in [0.25, 0.3) is 5.56 Å². The van der Waals surface area contributed by atoms with Crippen LogP contribution >= 0.6 is 11.3 Å². The molecule has 0 atom stereocenters. The highest BCUT2D eigenvalue weighted by atomic mass is 32.1. The van der Waals surface area contributed by atoms with Gasteiger partial charge in [0.15, 0.2) is 0 Å². The van der Waals surface area contributed by atoms with E-state index in [1.54, 1.807) is 5.38 Å². The maximum absolute atomic E-state index is 11.0. The molecule has 0 radical (unpaired) electrons. The number of benzene rings is 1. The largest absolute Gasteiger partial charge is 0.271 e. The van der Waals surface area contributed by atoms with Gasteiger partial charge in [-0.15, -0.1) is 11.3 Å². The fraction of sp³-hybridized carbons (Fsp3) is 0. The van der Waals surface area contributed by atoms with Crippen molar-refractivity contribution in [2.24, 2.45) is 0 Å². The van der Waals surface area contributed by atoms with Gasteiger partial charge in [-0.2, -0.15) is 4.98 Å². The molecule has 0 aliphatic carbocycles. The van der Waals surface area contributed by atoms with E-state index < -0.39 is 0 Å². The Hall–Kier alpha value is -1.48. The van der Waals surface area contributed by atoms with Crippen LogP contribution < -0.4 is 5.56 Å². The van der Waals surface area contributed by atoms with Crippen molar-refractivity contribution in [1.29, 1.82) is 0 Å². The monoisotopic (exact) mass is 189 g/mol. The first-order valence-electron chi connectivity index (χ1n) is 3.87. The lowest BCUT2D eigenvalue weighted by atomic mass is 10.2. The van der Waals surface area contributed by atoms with Crippen LogP contribution in [0.15, 0.2) is 46.6 Å². The Bertz CT molecular complexity index is 450. The predicted octanol–water partition coefficient (Wildman–Crippen LogP) is 2.17. The van der Waals surface area contributed by atoms with E-state index in [4.69, 9.17) is 0 Å². The minimum absolute atomic E-state index is 0.183. The van der Waals surface area contributed by atoms with Crippen LogP contribution in [0.25, 0.3) is 10.6 Å². The molecule has 2 nitrogen and oxygen atoms in total. The fourth-order valence-corrected chi connectivity index (χ4v) is 1.76. The number of aromatic nitrogens is 1. The smallest absolute Gasteiger partial charge is 0.267 e. The molecule has 64 valence electrons. The second-order valence-corrected chi connectivity index (χ2v) is 3.44. The van der Waals surface area contributed by atoms with Crippen molar-refractivity contribution in [3.63, 3.8) is 0 Å². The van der Waals surface area contributed by atoms with Crippen molar-refractivity contribution < 1.29 is 0 Å². The van der Waals surface area contributed by atoms with Crippen molar-refractivity contribution in [3.8, 4) is 10.6 Å². The standard InChI is InChI=1S/C10H7NOS/c12-9-6-7-13-10(11-9)8-4-2-1-3-5-8/h1-7H. The van der Waals surface area contributed by atoms with Crippen molar-refractivity contribution in [3.05, 3.63) is 52.1 Å². The van der Waals surface area contributed by atoms with Gasteiger partial charge >= 0.3 is 0 Å². The van der Waals surface area contributed by atoms with Gasteiger partial charge in [-0.05, 0) is 5.38 Å². The Labute approximate surface area is 79.5 Å². The molecular formula is C10H7NOS. The van der Waals surface area contributed by atoms with Crippen LogP contribution in [0, 0.1) is 0 Å². The quantitative estimate of drug-likeness (QED) is 0.688. The number of hydrogen-bond donors (Lipinski definition) is 0. The van der Waals surface area contributed by atoms with E-state index in [1.807, 2.05) is 30.3 Å². The molecule has 0 aliphatic rings. The van der Waals surface area contributed by atoms with Crippen molar-refractivity contribution in [1.82, 2.24) is 4.98 Å². The van der Waals surface area contributed by atoms with Crippen LogP contribution in [0.2, 0.25) is 0 Å². The summed E-state index contributed by atoms with van der Waals surface area (Å²) in [4.78, 5) is 14.9. The Balaban J connectivity index is 2.54. The predicted molar refractivity (Wildman–Crippen MR) is 53.8 cm³/mol. The zero-order valence-corrected chi connectivity index (χ0v) is 7.62. The van der Waals surface area contributed by atoms with Crippen LogP contribution in [0.4, 0.5) is 0 Å². The maximum atomic E-state index is 11.0. The number of nitrogens with zero attached hydrogens (tertiary/aromatic N) is 1. The van der Waals surface area contributed by atoms with Crippen LogP contribution in [0.1, 0.15) is 0 Å². The Morgan fingerprint density at radius 2 is 1.85 bits per heavy atom. The minimum atomic E-state index is -0.183. The first-order valence-corrected chi connectivity index (χ1v) is 4.75. The summed E-state index contributed by atoms with van der Waals surface area (Å²) in [7, 11) is 0. The molecule has 0 saturated carbocycles. The maximum Gasteiger partial charge on any atom is 0.271 e. The van der Waals surface area contributed by atoms with Crippen molar-refractivity contribution in [2.75, 3.05) is 0 Å². The normalized spacial score (nSPS) is 9.85. The molecule has 0 fully saturated rings. The SMILES string of the molecule is O=c1ccsc(-c2ccccc2)n1. The van der Waals surface area contributed by atoms with Crippen molar-refractivity contribution >= 4 is 11.3 Å². The topological polar surface area (TPSA) is 30.0 Å². The van der Waals surface area contributed by atoms with Gasteiger partial charge in [-0.1, -0.05) is 30.3 Å². The van der Waals surface area contributed by atoms with Crippen LogP contribution in [0.3, 0.4) is 0 Å². The van der Waals surface area contributed by atoms with E-state index in [1.165, 1.54) is 17.4 Å². The molecule has 0 amide bonds.